The molecule has 1 rings (SSSR count). The third-order valence-electron chi connectivity index (χ3n) is 2.27. The Morgan fingerprint density at radius 1 is 1.42 bits per heavy atom. The van der Waals surface area contributed by atoms with E-state index in [0.717, 1.165) is 0 Å². The third-order valence-corrected chi connectivity index (χ3v) is 3.29. The number of halogens is 1. The number of nitrogens with one attached hydrogen (secondary N) is 1. The quantitative estimate of drug-likeness (QED) is 0.649. The van der Waals surface area contributed by atoms with Crippen LogP contribution in [-0.4, -0.2) is 22.8 Å². The van der Waals surface area contributed by atoms with E-state index in [4.69, 9.17) is 10.4 Å². The monoisotopic (exact) mass is 324 g/mol. The molecule has 0 aliphatic rings. The van der Waals surface area contributed by atoms with Crippen LogP contribution >= 0.6 is 15.9 Å². The summed E-state index contributed by atoms with van der Waals surface area (Å²) >= 11 is 3.13. The summed E-state index contributed by atoms with van der Waals surface area (Å²) in [5.41, 5.74) is 0.576. The number of carboxylic acids is 1. The highest BCUT2D eigenvalue weighted by atomic mass is 79.9. The van der Waals surface area contributed by atoms with Crippen LogP contribution in [0.15, 0.2) is 16.6 Å². The van der Waals surface area contributed by atoms with Crippen molar-refractivity contribution in [1.29, 1.82) is 5.26 Å². The maximum Gasteiger partial charge on any atom is 0.377 e. The minimum Gasteiger partial charge on any atom is -0.475 e. The Hall–Kier alpha value is -2.20. The molecule has 0 aliphatic carbocycles. The number of carboxylic acid groups (broad SMARTS) is 1. The fourth-order valence-electron chi connectivity index (χ4n) is 1.38. The second kappa shape index (κ2) is 6.11. The first-order valence-electron chi connectivity index (χ1n) is 5.12. The Balaban J connectivity index is 3.29. The van der Waals surface area contributed by atoms with E-state index in [0.29, 0.717) is 10.0 Å². The number of amides is 1. The van der Waals surface area contributed by atoms with Crippen molar-refractivity contribution >= 4 is 39.3 Å². The third kappa shape index (κ3) is 3.39. The zero-order valence-corrected chi connectivity index (χ0v) is 11.4. The highest BCUT2D eigenvalue weighted by molar-refractivity contribution is 9.10. The van der Waals surface area contributed by atoms with Crippen molar-refractivity contribution in [2.45, 2.75) is 13.3 Å². The zero-order valence-electron chi connectivity index (χ0n) is 9.86. The van der Waals surface area contributed by atoms with Crippen molar-refractivity contribution in [1.82, 2.24) is 0 Å². The van der Waals surface area contributed by atoms with E-state index in [1.165, 1.54) is 6.07 Å². The predicted molar refractivity (Wildman–Crippen MR) is 69.7 cm³/mol. The fourth-order valence-corrected chi connectivity index (χ4v) is 1.91. The van der Waals surface area contributed by atoms with Crippen LogP contribution in [0.5, 0.6) is 0 Å². The van der Waals surface area contributed by atoms with Gasteiger partial charge in [-0.3, -0.25) is 9.59 Å². The highest BCUT2D eigenvalue weighted by Crippen LogP contribution is 2.29. The Morgan fingerprint density at radius 3 is 2.58 bits per heavy atom. The van der Waals surface area contributed by atoms with Crippen molar-refractivity contribution in [3.63, 3.8) is 0 Å². The van der Waals surface area contributed by atoms with Crippen LogP contribution < -0.4 is 5.32 Å². The summed E-state index contributed by atoms with van der Waals surface area (Å²) in [5, 5.41) is 19.5. The number of Topliss-reactive ketones (excluding diaryl/α,β-unsaturated/α-hetero) is 1. The summed E-state index contributed by atoms with van der Waals surface area (Å²) < 4.78 is 0.301. The van der Waals surface area contributed by atoms with E-state index < -0.39 is 17.7 Å². The molecule has 0 atom stereocenters. The number of carbonyl (C=O) groups excluding carboxylic acids is 2. The molecule has 7 heteroatoms. The second-order valence-electron chi connectivity index (χ2n) is 3.64. The lowest BCUT2D eigenvalue weighted by molar-refractivity contribution is -0.131. The van der Waals surface area contributed by atoms with E-state index in [2.05, 4.69) is 21.2 Å². The number of nitrogens with zero attached hydrogens (tertiary/aromatic N) is 1. The summed E-state index contributed by atoms with van der Waals surface area (Å²) in [7, 11) is 0. The average Bonchev–Trinajstić information content (AvgIpc) is 2.33. The number of aliphatic carboxylic acids is 1. The van der Waals surface area contributed by atoms with Gasteiger partial charge in [-0.2, -0.15) is 5.26 Å². The fraction of sp³-hybridized carbons (Fsp3) is 0.167. The second-order valence-corrected chi connectivity index (χ2v) is 4.43. The first-order valence-corrected chi connectivity index (χ1v) is 5.91. The molecule has 0 fully saturated rings. The zero-order chi connectivity index (χ0) is 14.6. The van der Waals surface area contributed by atoms with Gasteiger partial charge in [0, 0.05) is 4.47 Å². The van der Waals surface area contributed by atoms with Crippen LogP contribution in [0, 0.1) is 18.3 Å². The normalized spacial score (nSPS) is 9.53. The molecule has 0 heterocycles. The van der Waals surface area contributed by atoms with Gasteiger partial charge in [0.05, 0.1) is 17.3 Å². The first-order chi connectivity index (χ1) is 8.88. The summed E-state index contributed by atoms with van der Waals surface area (Å²) in [4.78, 5) is 33.8. The topological polar surface area (TPSA) is 107 Å². The summed E-state index contributed by atoms with van der Waals surface area (Å²) in [5.74, 6) is -3.37. The van der Waals surface area contributed by atoms with Crippen LogP contribution in [-0.2, 0) is 9.59 Å². The summed E-state index contributed by atoms with van der Waals surface area (Å²) in [6.45, 7) is 1.68. The van der Waals surface area contributed by atoms with Gasteiger partial charge in [-0.1, -0.05) is 6.07 Å². The van der Waals surface area contributed by atoms with Gasteiger partial charge in [-0.25, -0.2) is 4.79 Å². The molecular weight excluding hydrogens is 316 g/mol. The van der Waals surface area contributed by atoms with Gasteiger partial charge >= 0.3 is 5.97 Å². The van der Waals surface area contributed by atoms with Gasteiger partial charge in [0.25, 0.3) is 5.78 Å². The number of hydrogen-bond acceptors (Lipinski definition) is 4. The number of anilines is 1. The molecule has 6 nitrogen and oxygen atoms in total. The minimum absolute atomic E-state index is 0.0603. The van der Waals surface area contributed by atoms with E-state index in [-0.39, 0.29) is 17.7 Å². The molecule has 0 aromatic heterocycles. The minimum atomic E-state index is -1.62. The standard InChI is InChI=1S/C12H9BrN2O4/c1-6-2-3-7(15-8(16)4-5-14)9(10(6)13)11(17)12(18)19/h2-3H,4H2,1H3,(H,15,16)(H,18,19). The molecule has 1 amide bonds. The van der Waals surface area contributed by atoms with Crippen LogP contribution in [0.3, 0.4) is 0 Å². The van der Waals surface area contributed by atoms with Gasteiger partial charge in [-0.05, 0) is 34.5 Å². The van der Waals surface area contributed by atoms with E-state index in [9.17, 15) is 14.4 Å². The SMILES string of the molecule is Cc1ccc(NC(=O)CC#N)c(C(=O)C(=O)O)c1Br. The van der Waals surface area contributed by atoms with Crippen molar-refractivity contribution in [3.8, 4) is 6.07 Å². The van der Waals surface area contributed by atoms with Crippen molar-refractivity contribution < 1.29 is 19.5 Å². The maximum atomic E-state index is 11.6. The maximum absolute atomic E-state index is 11.6. The van der Waals surface area contributed by atoms with Crippen molar-refractivity contribution in [2.75, 3.05) is 5.32 Å². The van der Waals surface area contributed by atoms with E-state index in [1.807, 2.05) is 0 Å². The largest absolute Gasteiger partial charge is 0.475 e. The number of carbonyl (C=O) groups is 3. The van der Waals surface area contributed by atoms with Gasteiger partial charge in [0.15, 0.2) is 0 Å². The Labute approximate surface area is 117 Å². The van der Waals surface area contributed by atoms with E-state index in [1.54, 1.807) is 19.1 Å². The molecule has 0 saturated carbocycles. The van der Waals surface area contributed by atoms with Crippen LogP contribution in [0.2, 0.25) is 0 Å². The molecule has 19 heavy (non-hydrogen) atoms. The lowest BCUT2D eigenvalue weighted by atomic mass is 10.0. The molecule has 0 bridgehead atoms. The number of aryl methyl sites for hydroxylation is 1. The molecule has 2 N–H and O–H groups in total. The molecule has 0 radical (unpaired) electrons. The molecule has 0 saturated heterocycles. The highest BCUT2D eigenvalue weighted by Gasteiger charge is 2.23. The van der Waals surface area contributed by atoms with Gasteiger partial charge in [0.2, 0.25) is 5.91 Å². The number of benzene rings is 1. The summed E-state index contributed by atoms with van der Waals surface area (Å²) in [6, 6.07) is 4.70. The van der Waals surface area contributed by atoms with Crippen molar-refractivity contribution in [2.24, 2.45) is 0 Å². The van der Waals surface area contributed by atoms with Gasteiger partial charge in [0.1, 0.15) is 6.42 Å². The number of nitriles is 1. The molecular formula is C12H9BrN2O4. The lowest BCUT2D eigenvalue weighted by Crippen LogP contribution is -2.19. The van der Waals surface area contributed by atoms with Crippen molar-refractivity contribution in [3.05, 3.63) is 27.7 Å². The molecule has 1 aromatic carbocycles. The Kier molecular flexibility index (Phi) is 4.78. The van der Waals surface area contributed by atoms with Gasteiger partial charge in [-0.15, -0.1) is 0 Å². The molecule has 0 aliphatic heterocycles. The predicted octanol–water partition coefficient (Wildman–Crippen LogP) is 1.88. The van der Waals surface area contributed by atoms with Crippen LogP contribution in [0.1, 0.15) is 22.3 Å². The molecule has 0 spiro atoms. The first kappa shape index (κ1) is 14.9. The van der Waals surface area contributed by atoms with Gasteiger partial charge < -0.3 is 10.4 Å². The van der Waals surface area contributed by atoms with Crippen LogP contribution in [0.25, 0.3) is 0 Å². The lowest BCUT2D eigenvalue weighted by Gasteiger charge is -2.11. The Bertz CT molecular complexity index is 604. The number of hydrogen-bond donors (Lipinski definition) is 2. The number of rotatable bonds is 4. The molecule has 1 aromatic rings. The van der Waals surface area contributed by atoms with E-state index >= 15 is 0 Å². The Morgan fingerprint density at radius 2 is 2.05 bits per heavy atom. The molecule has 98 valence electrons. The van der Waals surface area contributed by atoms with Crippen LogP contribution in [0.4, 0.5) is 5.69 Å². The number of ketones is 1. The smallest absolute Gasteiger partial charge is 0.377 e. The summed E-state index contributed by atoms with van der Waals surface area (Å²) in [6.07, 6.45) is -0.383. The molecule has 0 unspecified atom stereocenters. The average molecular weight is 325 g/mol.